The molecule has 1 aromatic carbocycles. The van der Waals surface area contributed by atoms with Gasteiger partial charge in [-0.25, -0.2) is 0 Å². The van der Waals surface area contributed by atoms with Crippen LogP contribution in [0.3, 0.4) is 0 Å². The van der Waals surface area contributed by atoms with E-state index in [1.807, 2.05) is 13.8 Å². The topological polar surface area (TPSA) is 87.3 Å². The molecule has 0 heterocycles. The molecule has 0 saturated heterocycles. The summed E-state index contributed by atoms with van der Waals surface area (Å²) in [5, 5.41) is 8.81. The Morgan fingerprint density at radius 3 is 1.96 bits per heavy atom. The van der Waals surface area contributed by atoms with Gasteiger partial charge in [-0.05, 0) is 36.6 Å². The number of rotatable bonds is 9. The first-order valence-corrected chi connectivity index (χ1v) is 9.20. The highest BCUT2D eigenvalue weighted by Gasteiger charge is 2.22. The van der Waals surface area contributed by atoms with Gasteiger partial charge in [-0.2, -0.15) is 0 Å². The van der Waals surface area contributed by atoms with Gasteiger partial charge in [0, 0.05) is 29.6 Å². The summed E-state index contributed by atoms with van der Waals surface area (Å²) in [6, 6.07) is 5.85. The molecule has 0 aliphatic heterocycles. The number of benzene rings is 1. The van der Waals surface area contributed by atoms with E-state index < -0.39 is 6.04 Å². The number of halogens is 1. The number of carbonyl (C=O) groups is 3. The summed E-state index contributed by atoms with van der Waals surface area (Å²) < 4.78 is 0. The molecule has 1 unspecified atom stereocenters. The fourth-order valence-corrected chi connectivity index (χ4v) is 2.37. The van der Waals surface area contributed by atoms with E-state index in [4.69, 9.17) is 11.6 Å². The zero-order chi connectivity index (χ0) is 19.7. The van der Waals surface area contributed by atoms with Crippen molar-refractivity contribution in [3.8, 4) is 0 Å². The second-order valence-electron chi connectivity index (χ2n) is 6.90. The van der Waals surface area contributed by atoms with Gasteiger partial charge in [-0.1, -0.05) is 39.3 Å². The van der Waals surface area contributed by atoms with Crippen LogP contribution >= 0.6 is 11.6 Å². The van der Waals surface area contributed by atoms with Crippen molar-refractivity contribution in [3.05, 3.63) is 34.9 Å². The van der Waals surface area contributed by atoms with Crippen molar-refractivity contribution in [1.29, 1.82) is 0 Å². The van der Waals surface area contributed by atoms with E-state index in [1.54, 1.807) is 38.1 Å². The molecule has 144 valence electrons. The van der Waals surface area contributed by atoms with Gasteiger partial charge in [0.15, 0.2) is 0 Å². The highest BCUT2D eigenvalue weighted by Crippen LogP contribution is 2.11. The Morgan fingerprint density at radius 2 is 1.46 bits per heavy atom. The predicted molar refractivity (Wildman–Crippen MR) is 103 cm³/mol. The quantitative estimate of drug-likeness (QED) is 0.574. The van der Waals surface area contributed by atoms with Crippen LogP contribution in [-0.4, -0.2) is 36.9 Å². The van der Waals surface area contributed by atoms with E-state index in [1.165, 1.54) is 0 Å². The predicted octanol–water partition coefficient (Wildman–Crippen LogP) is 2.37. The third-order valence-corrected chi connectivity index (χ3v) is 3.94. The molecule has 0 saturated carbocycles. The van der Waals surface area contributed by atoms with E-state index in [9.17, 15) is 14.4 Å². The lowest BCUT2D eigenvalue weighted by molar-refractivity contribution is -0.125. The molecule has 0 bridgehead atoms. The monoisotopic (exact) mass is 381 g/mol. The molecule has 6 nitrogen and oxygen atoms in total. The second-order valence-corrected chi connectivity index (χ2v) is 7.34. The van der Waals surface area contributed by atoms with Gasteiger partial charge < -0.3 is 16.0 Å². The Balaban J connectivity index is 2.59. The lowest BCUT2D eigenvalue weighted by Gasteiger charge is -2.20. The molecule has 1 rings (SSSR count). The zero-order valence-electron chi connectivity index (χ0n) is 15.8. The third kappa shape index (κ3) is 7.87. The number of carbonyl (C=O) groups excluding carboxylic acids is 3. The van der Waals surface area contributed by atoms with Crippen molar-refractivity contribution in [2.24, 2.45) is 11.8 Å². The molecule has 0 aliphatic carbocycles. The Hall–Kier alpha value is -2.08. The summed E-state index contributed by atoms with van der Waals surface area (Å²) in [7, 11) is 0. The molecule has 1 aromatic rings. The van der Waals surface area contributed by atoms with Crippen LogP contribution in [0.15, 0.2) is 24.3 Å². The Labute approximate surface area is 160 Å². The molecule has 3 amide bonds. The summed E-state index contributed by atoms with van der Waals surface area (Å²) in [5.41, 5.74) is 0.445. The summed E-state index contributed by atoms with van der Waals surface area (Å²) in [5.74, 6) is -0.514. The number of amides is 3. The minimum atomic E-state index is -0.640. The second kappa shape index (κ2) is 10.8. The first-order valence-electron chi connectivity index (χ1n) is 8.82. The van der Waals surface area contributed by atoms with Crippen LogP contribution in [0.5, 0.6) is 0 Å². The van der Waals surface area contributed by atoms with Gasteiger partial charge in [0.05, 0.1) is 0 Å². The van der Waals surface area contributed by atoms with Crippen molar-refractivity contribution in [2.45, 2.75) is 40.2 Å². The summed E-state index contributed by atoms with van der Waals surface area (Å²) >= 11 is 5.83. The van der Waals surface area contributed by atoms with E-state index in [-0.39, 0.29) is 29.6 Å². The van der Waals surface area contributed by atoms with Crippen LogP contribution in [0.25, 0.3) is 0 Å². The largest absolute Gasteiger partial charge is 0.354 e. The van der Waals surface area contributed by atoms with Gasteiger partial charge in [0.1, 0.15) is 6.04 Å². The van der Waals surface area contributed by atoms with Crippen molar-refractivity contribution >= 4 is 29.3 Å². The van der Waals surface area contributed by atoms with E-state index >= 15 is 0 Å². The maximum Gasteiger partial charge on any atom is 0.251 e. The number of hydrogen-bond acceptors (Lipinski definition) is 3. The van der Waals surface area contributed by atoms with Crippen LogP contribution in [0.1, 0.15) is 44.5 Å². The lowest BCUT2D eigenvalue weighted by Crippen LogP contribution is -2.49. The van der Waals surface area contributed by atoms with Crippen LogP contribution in [0.2, 0.25) is 5.02 Å². The van der Waals surface area contributed by atoms with E-state index in [0.29, 0.717) is 30.1 Å². The number of nitrogens with one attached hydrogen (secondary N) is 3. The standard InChI is InChI=1S/C19H28ClN3O3/c1-12(2)11-16(19(26)22-10-9-21-17(24)13(3)4)23-18(25)14-5-7-15(20)8-6-14/h5-8,12-13,16H,9-11H2,1-4H3,(H,21,24)(H,22,26)(H,23,25). The fourth-order valence-electron chi connectivity index (χ4n) is 2.24. The maximum atomic E-state index is 12.4. The average Bonchev–Trinajstić information content (AvgIpc) is 2.57. The normalized spacial score (nSPS) is 12.0. The third-order valence-electron chi connectivity index (χ3n) is 3.68. The first kappa shape index (κ1) is 22.0. The Bertz CT molecular complexity index is 615. The van der Waals surface area contributed by atoms with E-state index in [2.05, 4.69) is 16.0 Å². The molecule has 0 aliphatic rings. The molecule has 0 spiro atoms. The Morgan fingerprint density at radius 1 is 0.923 bits per heavy atom. The molecule has 0 fully saturated rings. The molecular weight excluding hydrogens is 354 g/mol. The van der Waals surface area contributed by atoms with Crippen molar-refractivity contribution in [2.75, 3.05) is 13.1 Å². The smallest absolute Gasteiger partial charge is 0.251 e. The zero-order valence-corrected chi connectivity index (χ0v) is 16.5. The van der Waals surface area contributed by atoms with Crippen molar-refractivity contribution in [3.63, 3.8) is 0 Å². The summed E-state index contributed by atoms with van der Waals surface area (Å²) in [6.07, 6.45) is 0.517. The van der Waals surface area contributed by atoms with Gasteiger partial charge in [-0.15, -0.1) is 0 Å². The minimum Gasteiger partial charge on any atom is -0.354 e. The molecule has 1 atom stereocenters. The van der Waals surface area contributed by atoms with Crippen LogP contribution in [-0.2, 0) is 9.59 Å². The van der Waals surface area contributed by atoms with Gasteiger partial charge in [-0.3, -0.25) is 14.4 Å². The summed E-state index contributed by atoms with van der Waals surface area (Å²) in [6.45, 7) is 8.23. The first-order chi connectivity index (χ1) is 12.2. The van der Waals surface area contributed by atoms with Gasteiger partial charge in [0.2, 0.25) is 11.8 Å². The lowest BCUT2D eigenvalue weighted by atomic mass is 10.0. The molecular formula is C19H28ClN3O3. The minimum absolute atomic E-state index is 0.0611. The van der Waals surface area contributed by atoms with Crippen LogP contribution < -0.4 is 16.0 Å². The van der Waals surface area contributed by atoms with E-state index in [0.717, 1.165) is 0 Å². The molecule has 0 aromatic heterocycles. The molecule has 3 N–H and O–H groups in total. The SMILES string of the molecule is CC(C)CC(NC(=O)c1ccc(Cl)cc1)C(=O)NCCNC(=O)C(C)C. The van der Waals surface area contributed by atoms with Crippen molar-refractivity contribution in [1.82, 2.24) is 16.0 Å². The maximum absolute atomic E-state index is 12.4. The summed E-state index contributed by atoms with van der Waals surface area (Å²) in [4.78, 5) is 36.3. The molecule has 0 radical (unpaired) electrons. The van der Waals surface area contributed by atoms with Gasteiger partial charge in [0.25, 0.3) is 5.91 Å². The van der Waals surface area contributed by atoms with Gasteiger partial charge >= 0.3 is 0 Å². The fraction of sp³-hybridized carbons (Fsp3) is 0.526. The van der Waals surface area contributed by atoms with Crippen LogP contribution in [0, 0.1) is 11.8 Å². The number of hydrogen-bond donors (Lipinski definition) is 3. The van der Waals surface area contributed by atoms with Crippen molar-refractivity contribution < 1.29 is 14.4 Å². The molecule has 26 heavy (non-hydrogen) atoms. The van der Waals surface area contributed by atoms with Crippen LogP contribution in [0.4, 0.5) is 0 Å². The highest BCUT2D eigenvalue weighted by molar-refractivity contribution is 6.30. The molecule has 7 heteroatoms. The average molecular weight is 382 g/mol. The highest BCUT2D eigenvalue weighted by atomic mass is 35.5. The Kier molecular flexibility index (Phi) is 9.13.